The highest BCUT2D eigenvalue weighted by Gasteiger charge is 2.29. The molecule has 0 bridgehead atoms. The average molecular weight is 577 g/mol. The highest BCUT2D eigenvalue weighted by molar-refractivity contribution is 7.92. The molecule has 4 aromatic rings. The van der Waals surface area contributed by atoms with Crippen molar-refractivity contribution < 1.29 is 22.5 Å². The Bertz CT molecular complexity index is 1550. The van der Waals surface area contributed by atoms with Crippen LogP contribution >= 0.6 is 23.2 Å². The molecule has 1 aromatic heterocycles. The fourth-order valence-electron chi connectivity index (χ4n) is 3.81. The number of hydrogen-bond donors (Lipinski definition) is 0. The van der Waals surface area contributed by atoms with Crippen LogP contribution in [0.15, 0.2) is 64.0 Å². The van der Waals surface area contributed by atoms with Crippen LogP contribution in [0, 0.1) is 0 Å². The van der Waals surface area contributed by atoms with Gasteiger partial charge < -0.3 is 9.26 Å². The molecule has 0 unspecified atom stereocenters. The SMILES string of the molecule is CCCCOC(=O)CN(c1ccc2c(-c3noc(C(C)C)n3)cccc2c1)S(=O)(=O)c1cc(Cl)cc(Cl)c1. The third-order valence-corrected chi connectivity index (χ3v) is 7.97. The van der Waals surface area contributed by atoms with Gasteiger partial charge in [-0.05, 0) is 47.5 Å². The number of carbonyl (C=O) groups excluding carboxylic acids is 1. The zero-order valence-corrected chi connectivity index (χ0v) is 23.5. The lowest BCUT2D eigenvalue weighted by Gasteiger charge is -2.24. The van der Waals surface area contributed by atoms with Crippen molar-refractivity contribution in [3.63, 3.8) is 0 Å². The number of anilines is 1. The minimum Gasteiger partial charge on any atom is -0.464 e. The molecular formula is C27H27Cl2N3O5S. The van der Waals surface area contributed by atoms with Gasteiger partial charge in [-0.25, -0.2) is 8.42 Å². The number of ether oxygens (including phenoxy) is 1. The van der Waals surface area contributed by atoms with Crippen LogP contribution in [-0.2, 0) is 19.6 Å². The topological polar surface area (TPSA) is 103 Å². The Labute approximate surface area is 231 Å². The summed E-state index contributed by atoms with van der Waals surface area (Å²) in [5.74, 6) is 0.364. The Morgan fingerprint density at radius 3 is 2.47 bits per heavy atom. The van der Waals surface area contributed by atoms with Crippen LogP contribution < -0.4 is 4.31 Å². The molecule has 3 aromatic carbocycles. The number of esters is 1. The molecule has 8 nitrogen and oxygen atoms in total. The number of benzene rings is 3. The standard InChI is InChI=1S/C27H27Cl2N3O5S/c1-4-5-11-36-25(33)16-32(38(34,35)22-14-19(28)13-20(29)15-22)21-9-10-23-18(12-21)7-6-8-24(23)26-30-27(17(2)3)37-31-26/h6-10,12-15,17H,4-5,11,16H2,1-3H3. The van der Waals surface area contributed by atoms with Crippen molar-refractivity contribution in [1.82, 2.24) is 10.1 Å². The van der Waals surface area contributed by atoms with Gasteiger partial charge >= 0.3 is 5.97 Å². The van der Waals surface area contributed by atoms with Gasteiger partial charge in [0.15, 0.2) is 0 Å². The maximum absolute atomic E-state index is 13.8. The Hall–Kier alpha value is -3.14. The maximum atomic E-state index is 13.8. The summed E-state index contributed by atoms with van der Waals surface area (Å²) in [6, 6.07) is 14.6. The predicted octanol–water partition coefficient (Wildman–Crippen LogP) is 6.86. The molecule has 0 fully saturated rings. The van der Waals surface area contributed by atoms with E-state index in [0.29, 0.717) is 18.1 Å². The summed E-state index contributed by atoms with van der Waals surface area (Å²) in [5, 5.41) is 5.94. The first-order valence-corrected chi connectivity index (χ1v) is 14.3. The van der Waals surface area contributed by atoms with Crippen LogP contribution in [0.25, 0.3) is 22.2 Å². The van der Waals surface area contributed by atoms with E-state index in [-0.39, 0.29) is 33.2 Å². The number of carbonyl (C=O) groups is 1. The molecule has 4 rings (SSSR count). The summed E-state index contributed by atoms with van der Waals surface area (Å²) in [6.07, 6.45) is 1.51. The van der Waals surface area contributed by atoms with E-state index < -0.39 is 22.5 Å². The average Bonchev–Trinajstić information content (AvgIpc) is 3.37. The molecule has 200 valence electrons. The van der Waals surface area contributed by atoms with Crippen LogP contribution in [0.1, 0.15) is 45.4 Å². The summed E-state index contributed by atoms with van der Waals surface area (Å²) in [7, 11) is -4.24. The first kappa shape index (κ1) is 27.9. The lowest BCUT2D eigenvalue weighted by Crippen LogP contribution is -2.36. The third kappa shape index (κ3) is 6.11. The molecule has 11 heteroatoms. The number of fused-ring (bicyclic) bond motifs is 1. The molecular weight excluding hydrogens is 549 g/mol. The van der Waals surface area contributed by atoms with Crippen molar-refractivity contribution in [3.8, 4) is 11.4 Å². The van der Waals surface area contributed by atoms with Gasteiger partial charge in [0.2, 0.25) is 11.7 Å². The van der Waals surface area contributed by atoms with Gasteiger partial charge in [-0.1, -0.05) is 79.8 Å². The Morgan fingerprint density at radius 1 is 1.08 bits per heavy atom. The van der Waals surface area contributed by atoms with Crippen molar-refractivity contribution in [2.75, 3.05) is 17.5 Å². The number of nitrogens with zero attached hydrogens (tertiary/aromatic N) is 3. The molecule has 0 aliphatic heterocycles. The van der Waals surface area contributed by atoms with Crippen molar-refractivity contribution in [2.45, 2.75) is 44.4 Å². The summed E-state index contributed by atoms with van der Waals surface area (Å²) in [6.45, 7) is 5.57. The van der Waals surface area contributed by atoms with E-state index in [9.17, 15) is 13.2 Å². The Balaban J connectivity index is 1.78. The minimum atomic E-state index is -4.24. The maximum Gasteiger partial charge on any atom is 0.326 e. The summed E-state index contributed by atoms with van der Waals surface area (Å²) >= 11 is 12.2. The highest BCUT2D eigenvalue weighted by atomic mass is 35.5. The van der Waals surface area contributed by atoms with E-state index in [4.69, 9.17) is 32.5 Å². The summed E-state index contributed by atoms with van der Waals surface area (Å²) in [4.78, 5) is 17.0. The molecule has 38 heavy (non-hydrogen) atoms. The second-order valence-corrected chi connectivity index (χ2v) is 11.7. The molecule has 0 N–H and O–H groups in total. The fourth-order valence-corrected chi connectivity index (χ4v) is 5.94. The van der Waals surface area contributed by atoms with Crippen LogP contribution in [0.3, 0.4) is 0 Å². The molecule has 0 aliphatic rings. The Kier molecular flexibility index (Phi) is 8.60. The predicted molar refractivity (Wildman–Crippen MR) is 148 cm³/mol. The zero-order valence-electron chi connectivity index (χ0n) is 21.1. The molecule has 1 heterocycles. The van der Waals surface area contributed by atoms with E-state index in [0.717, 1.165) is 27.1 Å². The molecule has 0 amide bonds. The number of sulfonamides is 1. The van der Waals surface area contributed by atoms with E-state index in [1.807, 2.05) is 39.0 Å². The number of hydrogen-bond acceptors (Lipinski definition) is 7. The van der Waals surface area contributed by atoms with Gasteiger partial charge in [0, 0.05) is 21.5 Å². The zero-order chi connectivity index (χ0) is 27.4. The largest absolute Gasteiger partial charge is 0.464 e. The molecule has 0 radical (unpaired) electrons. The van der Waals surface area contributed by atoms with E-state index >= 15 is 0 Å². The number of halogens is 2. The van der Waals surface area contributed by atoms with Crippen LogP contribution in [0.5, 0.6) is 0 Å². The van der Waals surface area contributed by atoms with Gasteiger partial charge in [-0.3, -0.25) is 9.10 Å². The van der Waals surface area contributed by atoms with Gasteiger partial charge in [0.1, 0.15) is 6.54 Å². The Morgan fingerprint density at radius 2 is 1.82 bits per heavy atom. The first-order chi connectivity index (χ1) is 18.1. The second kappa shape index (κ2) is 11.7. The van der Waals surface area contributed by atoms with Crippen molar-refractivity contribution in [3.05, 3.63) is 70.5 Å². The lowest BCUT2D eigenvalue weighted by molar-refractivity contribution is -0.141. The lowest BCUT2D eigenvalue weighted by atomic mass is 10.0. The molecule has 0 saturated heterocycles. The van der Waals surface area contributed by atoms with Crippen LogP contribution in [-0.4, -0.2) is 37.7 Å². The van der Waals surface area contributed by atoms with Gasteiger partial charge in [-0.15, -0.1) is 0 Å². The normalized spacial score (nSPS) is 11.7. The minimum absolute atomic E-state index is 0.0775. The van der Waals surface area contributed by atoms with E-state index in [2.05, 4.69) is 10.1 Å². The van der Waals surface area contributed by atoms with Gasteiger partial charge in [0.05, 0.1) is 17.2 Å². The first-order valence-electron chi connectivity index (χ1n) is 12.1. The smallest absolute Gasteiger partial charge is 0.326 e. The summed E-state index contributed by atoms with van der Waals surface area (Å²) in [5.41, 5.74) is 1.01. The fraction of sp³-hybridized carbons (Fsp3) is 0.296. The van der Waals surface area contributed by atoms with Crippen molar-refractivity contribution >= 4 is 55.7 Å². The summed E-state index contributed by atoms with van der Waals surface area (Å²) < 4.78 is 39.2. The third-order valence-electron chi connectivity index (χ3n) is 5.79. The van der Waals surface area contributed by atoms with Gasteiger partial charge in [-0.2, -0.15) is 4.98 Å². The number of rotatable bonds is 10. The van der Waals surface area contributed by atoms with Gasteiger partial charge in [0.25, 0.3) is 10.0 Å². The van der Waals surface area contributed by atoms with Crippen molar-refractivity contribution in [1.29, 1.82) is 0 Å². The highest BCUT2D eigenvalue weighted by Crippen LogP contribution is 2.33. The van der Waals surface area contributed by atoms with E-state index in [1.54, 1.807) is 18.2 Å². The second-order valence-electron chi connectivity index (χ2n) is 9.01. The molecule has 0 atom stereocenters. The van der Waals surface area contributed by atoms with Crippen LogP contribution in [0.4, 0.5) is 5.69 Å². The quantitative estimate of drug-likeness (QED) is 0.150. The molecule has 0 spiro atoms. The molecule has 0 saturated carbocycles. The monoisotopic (exact) mass is 575 g/mol. The van der Waals surface area contributed by atoms with E-state index in [1.165, 1.54) is 18.2 Å². The number of aromatic nitrogens is 2. The van der Waals surface area contributed by atoms with Crippen molar-refractivity contribution in [2.24, 2.45) is 0 Å². The number of unbranched alkanes of at least 4 members (excludes halogenated alkanes) is 1. The van der Waals surface area contributed by atoms with Crippen LogP contribution in [0.2, 0.25) is 10.0 Å². The molecule has 0 aliphatic carbocycles.